The number of fused-ring (bicyclic) bond motifs is 1. The minimum absolute atomic E-state index is 0.153. The molecule has 1 aromatic rings. The fourth-order valence-corrected chi connectivity index (χ4v) is 4.70. The molecule has 0 aromatic heterocycles. The number of aliphatic imine (C=N–C) groups is 2. The van der Waals surface area contributed by atoms with Crippen LogP contribution in [0.3, 0.4) is 0 Å². The maximum atomic E-state index is 11.6. The third kappa shape index (κ3) is 3.51. The van der Waals surface area contributed by atoms with E-state index in [2.05, 4.69) is 38.3 Å². The molecular formula is C20H23N5OS. The first-order valence-electron chi connectivity index (χ1n) is 9.03. The van der Waals surface area contributed by atoms with E-state index in [4.69, 9.17) is 4.99 Å². The van der Waals surface area contributed by atoms with Gasteiger partial charge in [-0.2, -0.15) is 0 Å². The minimum Gasteiger partial charge on any atom is -0.378 e. The summed E-state index contributed by atoms with van der Waals surface area (Å²) < 4.78 is 0. The first kappa shape index (κ1) is 17.9. The van der Waals surface area contributed by atoms with Gasteiger partial charge in [-0.25, -0.2) is 4.99 Å². The molecule has 0 aliphatic carbocycles. The molecule has 0 saturated carbocycles. The standard InChI is InChI=1S/C20H23N5OS/c1-13(26)17-7-8-18(27-17)16-12-22-20-19(21-9-10-25(16)20)23-14-5-4-6-15(11-14)24(2)3/h4-7,9-11,16,18H,8,12H2,1-3H3,(H,21,23). The molecule has 3 heterocycles. The first-order chi connectivity index (χ1) is 13.0. The number of Topliss-reactive ketones (excluding diaryl/α,β-unsaturated/α-hetero) is 1. The van der Waals surface area contributed by atoms with Crippen LogP contribution < -0.4 is 10.2 Å². The second-order valence-electron chi connectivity index (χ2n) is 7.00. The number of benzene rings is 1. The van der Waals surface area contributed by atoms with Gasteiger partial charge in [0.05, 0.1) is 12.6 Å². The molecule has 3 aliphatic rings. The van der Waals surface area contributed by atoms with Gasteiger partial charge in [0.1, 0.15) is 0 Å². The van der Waals surface area contributed by atoms with E-state index in [0.717, 1.165) is 40.9 Å². The lowest BCUT2D eigenvalue weighted by Gasteiger charge is -2.30. The number of hydrogen-bond acceptors (Lipinski definition) is 7. The van der Waals surface area contributed by atoms with Crippen LogP contribution in [0.2, 0.25) is 0 Å². The Morgan fingerprint density at radius 1 is 1.37 bits per heavy atom. The van der Waals surface area contributed by atoms with Gasteiger partial charge in [0.25, 0.3) is 0 Å². The SMILES string of the molecule is CC(=O)C1=CCC(C2CN=C3C(Nc4cccc(N(C)C)c4)=NC=CN32)S1. The number of amidine groups is 2. The molecule has 0 amide bonds. The van der Waals surface area contributed by atoms with Crippen molar-refractivity contribution in [1.82, 2.24) is 4.90 Å². The highest BCUT2D eigenvalue weighted by molar-refractivity contribution is 8.04. The summed E-state index contributed by atoms with van der Waals surface area (Å²) >= 11 is 1.68. The molecule has 0 spiro atoms. The Bertz CT molecular complexity index is 886. The average molecular weight is 382 g/mol. The van der Waals surface area contributed by atoms with Gasteiger partial charge in [-0.3, -0.25) is 9.79 Å². The molecule has 1 aromatic carbocycles. The van der Waals surface area contributed by atoms with Crippen LogP contribution in [0.5, 0.6) is 0 Å². The Labute approximate surface area is 163 Å². The molecule has 3 aliphatic heterocycles. The zero-order chi connectivity index (χ0) is 19.0. The molecule has 27 heavy (non-hydrogen) atoms. The van der Waals surface area contributed by atoms with E-state index in [0.29, 0.717) is 5.25 Å². The molecule has 140 valence electrons. The molecule has 6 nitrogen and oxygen atoms in total. The summed E-state index contributed by atoms with van der Waals surface area (Å²) in [6, 6.07) is 8.46. The number of carbonyl (C=O) groups excluding carboxylic acids is 1. The molecule has 0 radical (unpaired) electrons. The first-order valence-corrected chi connectivity index (χ1v) is 9.90. The van der Waals surface area contributed by atoms with Crippen LogP contribution in [-0.2, 0) is 4.79 Å². The van der Waals surface area contributed by atoms with Crippen LogP contribution in [-0.4, -0.2) is 54.3 Å². The summed E-state index contributed by atoms with van der Waals surface area (Å²) in [5, 5.41) is 3.75. The molecule has 0 fully saturated rings. The summed E-state index contributed by atoms with van der Waals surface area (Å²) in [5.74, 6) is 1.79. The van der Waals surface area contributed by atoms with Crippen molar-refractivity contribution in [2.45, 2.75) is 24.6 Å². The Balaban J connectivity index is 1.47. The number of anilines is 2. The molecule has 1 N–H and O–H groups in total. The lowest BCUT2D eigenvalue weighted by Crippen LogP contribution is -2.44. The Hall–Kier alpha value is -2.54. The van der Waals surface area contributed by atoms with Gasteiger partial charge in [-0.1, -0.05) is 12.1 Å². The van der Waals surface area contributed by atoms with Crippen LogP contribution in [0.15, 0.2) is 57.6 Å². The van der Waals surface area contributed by atoms with Gasteiger partial charge >= 0.3 is 0 Å². The minimum atomic E-state index is 0.153. The Morgan fingerprint density at radius 2 is 2.22 bits per heavy atom. The number of nitrogens with zero attached hydrogens (tertiary/aromatic N) is 4. The Morgan fingerprint density at radius 3 is 2.96 bits per heavy atom. The van der Waals surface area contributed by atoms with Crippen LogP contribution >= 0.6 is 11.8 Å². The second-order valence-corrected chi connectivity index (χ2v) is 8.28. The highest BCUT2D eigenvalue weighted by Gasteiger charge is 2.38. The smallest absolute Gasteiger partial charge is 0.173 e. The van der Waals surface area contributed by atoms with Gasteiger partial charge in [-0.15, -0.1) is 11.8 Å². The topological polar surface area (TPSA) is 60.3 Å². The van der Waals surface area contributed by atoms with Gasteiger partial charge in [-0.05, 0) is 31.5 Å². The Kier molecular flexibility index (Phi) is 4.78. The molecule has 0 bridgehead atoms. The van der Waals surface area contributed by atoms with E-state index in [1.54, 1.807) is 18.7 Å². The number of hydrogen-bond donors (Lipinski definition) is 1. The van der Waals surface area contributed by atoms with E-state index in [1.807, 2.05) is 38.6 Å². The van der Waals surface area contributed by atoms with Crippen molar-refractivity contribution in [2.24, 2.45) is 9.98 Å². The third-order valence-corrected chi connectivity index (χ3v) is 6.41. The number of carbonyl (C=O) groups is 1. The number of allylic oxidation sites excluding steroid dienone is 2. The molecule has 4 rings (SSSR count). The van der Waals surface area contributed by atoms with Crippen molar-refractivity contribution in [3.8, 4) is 0 Å². The number of nitrogens with one attached hydrogen (secondary N) is 1. The van der Waals surface area contributed by atoms with Crippen molar-refractivity contribution >= 4 is 40.6 Å². The fourth-order valence-electron chi connectivity index (χ4n) is 3.45. The van der Waals surface area contributed by atoms with E-state index >= 15 is 0 Å². The largest absolute Gasteiger partial charge is 0.378 e. The molecule has 2 atom stereocenters. The molecule has 2 unspecified atom stereocenters. The van der Waals surface area contributed by atoms with Crippen molar-refractivity contribution < 1.29 is 4.79 Å². The predicted octanol–water partition coefficient (Wildman–Crippen LogP) is 3.11. The van der Waals surface area contributed by atoms with Crippen molar-refractivity contribution in [3.63, 3.8) is 0 Å². The third-order valence-electron chi connectivity index (χ3n) is 4.89. The number of thioether (sulfide) groups is 1. The van der Waals surface area contributed by atoms with E-state index in [-0.39, 0.29) is 11.8 Å². The predicted molar refractivity (Wildman–Crippen MR) is 114 cm³/mol. The highest BCUT2D eigenvalue weighted by atomic mass is 32.2. The number of rotatable bonds is 4. The van der Waals surface area contributed by atoms with E-state index in [1.165, 1.54) is 0 Å². The quantitative estimate of drug-likeness (QED) is 0.868. The fraction of sp³-hybridized carbons (Fsp3) is 0.350. The molecule has 7 heteroatoms. The van der Waals surface area contributed by atoms with Gasteiger partial charge in [0.2, 0.25) is 0 Å². The van der Waals surface area contributed by atoms with Crippen molar-refractivity contribution in [3.05, 3.63) is 47.6 Å². The van der Waals surface area contributed by atoms with Gasteiger partial charge in [0, 0.05) is 48.0 Å². The van der Waals surface area contributed by atoms with Crippen molar-refractivity contribution in [1.29, 1.82) is 0 Å². The van der Waals surface area contributed by atoms with Gasteiger partial charge < -0.3 is 15.1 Å². The second kappa shape index (κ2) is 7.23. The highest BCUT2D eigenvalue weighted by Crippen LogP contribution is 2.38. The lowest BCUT2D eigenvalue weighted by molar-refractivity contribution is -0.112. The monoisotopic (exact) mass is 381 g/mol. The maximum absolute atomic E-state index is 11.6. The average Bonchev–Trinajstić information content (AvgIpc) is 3.29. The van der Waals surface area contributed by atoms with Crippen LogP contribution in [0.25, 0.3) is 0 Å². The summed E-state index contributed by atoms with van der Waals surface area (Å²) in [5.41, 5.74) is 2.11. The van der Waals surface area contributed by atoms with Crippen LogP contribution in [0.1, 0.15) is 13.3 Å². The van der Waals surface area contributed by atoms with Crippen molar-refractivity contribution in [2.75, 3.05) is 30.9 Å². The molecule has 0 saturated heterocycles. The number of ketones is 1. The zero-order valence-corrected chi connectivity index (χ0v) is 16.5. The lowest BCUT2D eigenvalue weighted by atomic mass is 10.1. The zero-order valence-electron chi connectivity index (χ0n) is 15.7. The maximum Gasteiger partial charge on any atom is 0.173 e. The van der Waals surface area contributed by atoms with E-state index < -0.39 is 0 Å². The van der Waals surface area contributed by atoms with Crippen LogP contribution in [0.4, 0.5) is 11.4 Å². The van der Waals surface area contributed by atoms with Crippen LogP contribution in [0, 0.1) is 0 Å². The van der Waals surface area contributed by atoms with Gasteiger partial charge in [0.15, 0.2) is 17.5 Å². The molecular weight excluding hydrogens is 358 g/mol. The summed E-state index contributed by atoms with van der Waals surface area (Å²) in [7, 11) is 4.05. The summed E-state index contributed by atoms with van der Waals surface area (Å²) in [6.45, 7) is 2.35. The summed E-state index contributed by atoms with van der Waals surface area (Å²) in [6.07, 6.45) is 6.77. The normalized spacial score (nSPS) is 23.5. The van der Waals surface area contributed by atoms with E-state index in [9.17, 15) is 4.79 Å². The summed E-state index contributed by atoms with van der Waals surface area (Å²) in [4.78, 5) is 26.0.